The van der Waals surface area contributed by atoms with Gasteiger partial charge in [-0.15, -0.1) is 11.3 Å². The number of aromatic nitrogens is 1. The molecule has 0 N–H and O–H groups in total. The summed E-state index contributed by atoms with van der Waals surface area (Å²) in [6.07, 6.45) is 23.3. The largest absolute Gasteiger partial charge is 0.494 e. The molecule has 0 saturated heterocycles. The van der Waals surface area contributed by atoms with Gasteiger partial charge in [-0.25, -0.2) is 0 Å². The first-order valence-corrected chi connectivity index (χ1v) is 18.6. The minimum absolute atomic E-state index is 0.785. The van der Waals surface area contributed by atoms with Crippen molar-refractivity contribution in [2.75, 3.05) is 6.61 Å². The summed E-state index contributed by atoms with van der Waals surface area (Å²) in [5, 5.41) is 2.54. The number of ether oxygens (including phenoxy) is 1. The summed E-state index contributed by atoms with van der Waals surface area (Å²) in [4.78, 5) is 2.61. The van der Waals surface area contributed by atoms with E-state index in [-0.39, 0.29) is 0 Å². The van der Waals surface area contributed by atoms with Crippen LogP contribution in [0.1, 0.15) is 119 Å². The summed E-state index contributed by atoms with van der Waals surface area (Å²) in [7, 11) is 0. The number of aryl methyl sites for hydroxylation is 1. The number of nitrogens with zero attached hydrogens (tertiary/aromatic N) is 1. The van der Waals surface area contributed by atoms with Crippen molar-refractivity contribution in [2.45, 2.75) is 105 Å². The van der Waals surface area contributed by atoms with Gasteiger partial charge in [-0.1, -0.05) is 127 Å². The molecule has 0 aliphatic carbocycles. The van der Waals surface area contributed by atoms with Crippen LogP contribution in [0.2, 0.25) is 0 Å². The Hall–Kier alpha value is -3.56. The Balaban J connectivity index is 0.000000617. The van der Waals surface area contributed by atoms with Crippen molar-refractivity contribution in [3.05, 3.63) is 99.8 Å². The van der Waals surface area contributed by atoms with Crippen LogP contribution in [0.5, 0.6) is 5.75 Å². The summed E-state index contributed by atoms with van der Waals surface area (Å²) in [6, 6.07) is 26.5. The van der Waals surface area contributed by atoms with Gasteiger partial charge in [-0.2, -0.15) is 0 Å². The second-order valence-electron chi connectivity index (χ2n) is 12.3. The van der Waals surface area contributed by atoms with Gasteiger partial charge in [0.05, 0.1) is 17.6 Å². The molecule has 0 aliphatic rings. The van der Waals surface area contributed by atoms with Crippen molar-refractivity contribution in [2.24, 2.45) is 0 Å². The lowest BCUT2D eigenvalue weighted by Gasteiger charge is -2.11. The van der Waals surface area contributed by atoms with Gasteiger partial charge in [-0.05, 0) is 86.0 Å². The van der Waals surface area contributed by atoms with E-state index in [1.807, 2.05) is 11.3 Å². The van der Waals surface area contributed by atoms with Gasteiger partial charge in [0.15, 0.2) is 0 Å². The molecule has 0 unspecified atom stereocenters. The van der Waals surface area contributed by atoms with Crippen molar-refractivity contribution in [3.8, 4) is 11.4 Å². The Morgan fingerprint density at radius 2 is 1.17 bits per heavy atom. The van der Waals surface area contributed by atoms with E-state index in [0.717, 1.165) is 24.5 Å². The van der Waals surface area contributed by atoms with Crippen molar-refractivity contribution < 1.29 is 4.74 Å². The third-order valence-electron chi connectivity index (χ3n) is 8.44. The molecule has 3 aromatic carbocycles. The third-order valence-corrected chi connectivity index (χ3v) is 9.41. The van der Waals surface area contributed by atoms with Crippen molar-refractivity contribution in [1.82, 2.24) is 4.57 Å². The predicted molar refractivity (Wildman–Crippen MR) is 207 cm³/mol. The highest BCUT2D eigenvalue weighted by Crippen LogP contribution is 2.34. The average molecular weight is 634 g/mol. The lowest BCUT2D eigenvalue weighted by molar-refractivity contribution is 0.304. The summed E-state index contributed by atoms with van der Waals surface area (Å²) < 4.78 is 8.47. The fraction of sp³-hybridized carbons (Fsp3) is 0.395. The van der Waals surface area contributed by atoms with E-state index in [4.69, 9.17) is 4.74 Å². The maximum Gasteiger partial charge on any atom is 0.119 e. The zero-order chi connectivity index (χ0) is 32.6. The van der Waals surface area contributed by atoms with Gasteiger partial charge in [0.25, 0.3) is 0 Å². The summed E-state index contributed by atoms with van der Waals surface area (Å²) in [5.41, 5.74) is 5.99. The quantitative estimate of drug-likeness (QED) is 0.0986. The number of thiophene rings is 1. The molecule has 244 valence electrons. The Labute approximate surface area is 282 Å². The average Bonchev–Trinajstić information content (AvgIpc) is 3.64. The minimum atomic E-state index is 0.785. The van der Waals surface area contributed by atoms with Crippen LogP contribution in [0.4, 0.5) is 0 Å². The number of benzene rings is 3. The highest BCUT2D eigenvalue weighted by atomic mass is 32.1. The fourth-order valence-electron chi connectivity index (χ4n) is 5.89. The van der Waals surface area contributed by atoms with Crippen LogP contribution in [0, 0.1) is 6.92 Å². The van der Waals surface area contributed by atoms with Gasteiger partial charge < -0.3 is 9.30 Å². The Bertz CT molecular complexity index is 1660. The SMILES string of the molecule is C/C=C/c1ccc2c3ccc(/C=C/c4ccc(C)s4)cc3n(-c3ccc(OCCCCCCCC)cc3)c2c1.CCCCCCC. The molecule has 0 aliphatic heterocycles. The van der Waals surface area contributed by atoms with E-state index in [0.29, 0.717) is 0 Å². The van der Waals surface area contributed by atoms with Gasteiger partial charge >= 0.3 is 0 Å². The molecule has 3 heteroatoms. The Morgan fingerprint density at radius 1 is 0.609 bits per heavy atom. The van der Waals surface area contributed by atoms with E-state index in [1.165, 1.54) is 107 Å². The number of fused-ring (bicyclic) bond motifs is 3. The van der Waals surface area contributed by atoms with E-state index >= 15 is 0 Å². The molecule has 0 saturated carbocycles. The van der Waals surface area contributed by atoms with Crippen LogP contribution in [-0.2, 0) is 0 Å². The highest BCUT2D eigenvalue weighted by Gasteiger charge is 2.13. The summed E-state index contributed by atoms with van der Waals surface area (Å²) in [6.45, 7) is 11.8. The monoisotopic (exact) mass is 633 g/mol. The van der Waals surface area contributed by atoms with Crippen LogP contribution < -0.4 is 4.74 Å². The predicted octanol–water partition coefficient (Wildman–Crippen LogP) is 14.1. The van der Waals surface area contributed by atoms with E-state index < -0.39 is 0 Å². The molecular formula is C43H55NOS. The van der Waals surface area contributed by atoms with Gasteiger partial charge in [0.1, 0.15) is 5.75 Å². The molecule has 46 heavy (non-hydrogen) atoms. The molecule has 0 atom stereocenters. The number of hydrogen-bond acceptors (Lipinski definition) is 2. The molecule has 2 heterocycles. The van der Waals surface area contributed by atoms with Gasteiger partial charge in [-0.3, -0.25) is 0 Å². The molecule has 0 amide bonds. The highest BCUT2D eigenvalue weighted by molar-refractivity contribution is 7.12. The standard InChI is InChI=1S/C36H39NOS.C7H16/c1-4-6-7-8-9-10-24-38-31-18-16-30(17-19-31)37-35-25-28(11-5-2)14-22-33(35)34-23-15-29(26-36(34)37)13-21-32-20-12-27(3)39-32;1-3-5-7-6-4-2/h5,11-23,25-26H,4,6-10,24H2,1-3H3;3-7H2,1-2H3/b11-5+,21-13+;. The molecule has 5 rings (SSSR count). The molecule has 0 fully saturated rings. The van der Waals surface area contributed by atoms with Crippen molar-refractivity contribution in [1.29, 1.82) is 0 Å². The van der Waals surface area contributed by atoms with Crippen LogP contribution >= 0.6 is 11.3 Å². The number of allylic oxidation sites excluding steroid dienone is 1. The minimum Gasteiger partial charge on any atom is -0.494 e. The third kappa shape index (κ3) is 10.2. The number of hydrogen-bond donors (Lipinski definition) is 0. The normalized spacial score (nSPS) is 11.6. The summed E-state index contributed by atoms with van der Waals surface area (Å²) in [5.74, 6) is 0.942. The smallest absolute Gasteiger partial charge is 0.119 e. The van der Waals surface area contributed by atoms with Crippen molar-refractivity contribution in [3.63, 3.8) is 0 Å². The summed E-state index contributed by atoms with van der Waals surface area (Å²) >= 11 is 1.82. The molecule has 2 aromatic heterocycles. The molecule has 5 aromatic rings. The molecule has 0 spiro atoms. The number of unbranched alkanes of at least 4 members (excludes halogenated alkanes) is 9. The second-order valence-corrected chi connectivity index (χ2v) is 13.7. The lowest BCUT2D eigenvalue weighted by Crippen LogP contribution is -1.98. The fourth-order valence-corrected chi connectivity index (χ4v) is 6.67. The number of rotatable bonds is 16. The second kappa shape index (κ2) is 19.2. The Kier molecular flexibility index (Phi) is 14.7. The van der Waals surface area contributed by atoms with Crippen LogP contribution in [-0.4, -0.2) is 11.2 Å². The molecule has 0 bridgehead atoms. The van der Waals surface area contributed by atoms with Crippen LogP contribution in [0.3, 0.4) is 0 Å². The van der Waals surface area contributed by atoms with Crippen molar-refractivity contribution >= 4 is 51.4 Å². The van der Waals surface area contributed by atoms with Gasteiger partial charge in [0, 0.05) is 26.2 Å². The van der Waals surface area contributed by atoms with E-state index in [9.17, 15) is 0 Å². The maximum atomic E-state index is 6.08. The zero-order valence-electron chi connectivity index (χ0n) is 29.0. The van der Waals surface area contributed by atoms with E-state index in [1.54, 1.807) is 0 Å². The molecule has 2 nitrogen and oxygen atoms in total. The van der Waals surface area contributed by atoms with Crippen LogP contribution in [0.25, 0.3) is 45.7 Å². The first kappa shape index (κ1) is 35.3. The molecule has 0 radical (unpaired) electrons. The maximum absolute atomic E-state index is 6.08. The molecular weight excluding hydrogens is 579 g/mol. The zero-order valence-corrected chi connectivity index (χ0v) is 29.8. The van der Waals surface area contributed by atoms with Gasteiger partial charge in [0.2, 0.25) is 0 Å². The lowest BCUT2D eigenvalue weighted by atomic mass is 10.1. The Morgan fingerprint density at radius 3 is 1.74 bits per heavy atom. The first-order chi connectivity index (χ1) is 22.6. The first-order valence-electron chi connectivity index (χ1n) is 17.8. The van der Waals surface area contributed by atoms with Crippen LogP contribution in [0.15, 0.2) is 78.9 Å². The van der Waals surface area contributed by atoms with E-state index in [2.05, 4.69) is 136 Å². The topological polar surface area (TPSA) is 14.2 Å².